The van der Waals surface area contributed by atoms with Crippen molar-refractivity contribution in [1.82, 2.24) is 4.57 Å². The second-order valence-electron chi connectivity index (χ2n) is 5.50. The number of aromatic hydroxyl groups is 1. The van der Waals surface area contributed by atoms with E-state index >= 15 is 0 Å². The number of hydrogen-bond acceptors (Lipinski definition) is 4. The lowest BCUT2D eigenvalue weighted by atomic mass is 10.1. The van der Waals surface area contributed by atoms with Crippen molar-refractivity contribution >= 4 is 34.2 Å². The van der Waals surface area contributed by atoms with Crippen LogP contribution in [0.1, 0.15) is 10.4 Å². The molecule has 3 N–H and O–H groups in total. The number of anilines is 1. The molecule has 0 saturated carbocycles. The first-order valence-electron chi connectivity index (χ1n) is 7.34. The second-order valence-corrected chi connectivity index (χ2v) is 5.87. The molecule has 0 radical (unpaired) electrons. The van der Waals surface area contributed by atoms with Gasteiger partial charge in [-0.3, -0.25) is 4.79 Å². The van der Waals surface area contributed by atoms with E-state index in [4.69, 9.17) is 11.6 Å². The van der Waals surface area contributed by atoms with Crippen molar-refractivity contribution in [2.24, 2.45) is 0 Å². The number of nitrogens with one attached hydrogen (secondary N) is 1. The normalized spacial score (nSPS) is 11.0. The van der Waals surface area contributed by atoms with E-state index in [2.05, 4.69) is 5.32 Å². The maximum absolute atomic E-state index is 14.3. The summed E-state index contributed by atoms with van der Waals surface area (Å²) in [5, 5.41) is 20.5. The van der Waals surface area contributed by atoms with Gasteiger partial charge in [-0.2, -0.15) is 0 Å². The molecule has 1 heterocycles. The third-order valence-corrected chi connectivity index (χ3v) is 4.30. The van der Waals surface area contributed by atoms with Gasteiger partial charge in [0.15, 0.2) is 11.6 Å². The molecule has 0 atom stereocenters. The fourth-order valence-corrected chi connectivity index (χ4v) is 3.07. The summed E-state index contributed by atoms with van der Waals surface area (Å²) in [6, 6.07) is 1.84. The molecule has 140 valence electrons. The largest absolute Gasteiger partial charge is 0.505 e. The summed E-state index contributed by atoms with van der Waals surface area (Å²) in [5.41, 5.74) is -2.76. The molecule has 6 nitrogen and oxygen atoms in total. The van der Waals surface area contributed by atoms with Gasteiger partial charge >= 0.3 is 5.97 Å². The first kappa shape index (κ1) is 18.6. The van der Waals surface area contributed by atoms with Crippen molar-refractivity contribution in [3.63, 3.8) is 0 Å². The van der Waals surface area contributed by atoms with Gasteiger partial charge in [-0.25, -0.2) is 18.0 Å². The predicted octanol–water partition coefficient (Wildman–Crippen LogP) is 3.51. The van der Waals surface area contributed by atoms with E-state index < -0.39 is 51.2 Å². The molecule has 0 aliphatic heterocycles. The minimum absolute atomic E-state index is 0.216. The molecule has 0 unspecified atom stereocenters. The lowest BCUT2D eigenvalue weighted by molar-refractivity contribution is 0.0695. The second kappa shape index (κ2) is 6.51. The summed E-state index contributed by atoms with van der Waals surface area (Å²) in [6.45, 7) is 0. The number of fused-ring (bicyclic) bond motifs is 1. The van der Waals surface area contributed by atoms with E-state index in [0.29, 0.717) is 12.1 Å². The highest BCUT2D eigenvalue weighted by Gasteiger charge is 2.23. The van der Waals surface area contributed by atoms with Crippen LogP contribution >= 0.6 is 11.6 Å². The van der Waals surface area contributed by atoms with Crippen LogP contribution in [0, 0.1) is 17.5 Å². The van der Waals surface area contributed by atoms with Crippen molar-refractivity contribution < 1.29 is 28.2 Å². The Labute approximate surface area is 154 Å². The van der Waals surface area contributed by atoms with Gasteiger partial charge in [0.1, 0.15) is 17.2 Å². The van der Waals surface area contributed by atoms with Gasteiger partial charge in [-0.1, -0.05) is 11.6 Å². The van der Waals surface area contributed by atoms with E-state index in [1.807, 2.05) is 0 Å². The van der Waals surface area contributed by atoms with Gasteiger partial charge in [0, 0.05) is 25.4 Å². The van der Waals surface area contributed by atoms with Gasteiger partial charge in [0.25, 0.3) is 0 Å². The van der Waals surface area contributed by atoms with Crippen LogP contribution < -0.4 is 10.7 Å². The highest BCUT2D eigenvalue weighted by molar-refractivity contribution is 6.38. The molecule has 0 spiro atoms. The zero-order chi connectivity index (χ0) is 20.0. The van der Waals surface area contributed by atoms with Crippen LogP contribution in [0.15, 0.2) is 29.2 Å². The number of carboxylic acids is 1. The topological polar surface area (TPSA) is 91.6 Å². The third kappa shape index (κ3) is 2.85. The molecule has 0 saturated heterocycles. The molecule has 0 aliphatic carbocycles. The molecule has 10 heteroatoms. The number of nitrogens with zero attached hydrogens (tertiary/aromatic N) is 1. The fraction of sp³-hybridized carbons (Fsp3) is 0.0588. The Balaban J connectivity index is 2.59. The SMILES string of the molecule is CNc1c(F)cc2c(=O)c(C(=O)O)cn(-c3cc(O)c(F)cc3F)c2c1Cl. The van der Waals surface area contributed by atoms with Gasteiger partial charge in [0.05, 0.1) is 27.3 Å². The Bertz CT molecular complexity index is 1180. The van der Waals surface area contributed by atoms with E-state index in [0.717, 1.165) is 16.8 Å². The van der Waals surface area contributed by atoms with Crippen molar-refractivity contribution in [3.8, 4) is 11.4 Å². The number of benzene rings is 2. The summed E-state index contributed by atoms with van der Waals surface area (Å²) in [6.07, 6.45) is 0.770. The Morgan fingerprint density at radius 3 is 2.41 bits per heavy atom. The molecule has 0 aliphatic rings. The van der Waals surface area contributed by atoms with Gasteiger partial charge < -0.3 is 20.1 Å². The zero-order valence-corrected chi connectivity index (χ0v) is 14.2. The highest BCUT2D eigenvalue weighted by Crippen LogP contribution is 2.35. The number of phenolic OH excluding ortho intramolecular Hbond substituents is 1. The van der Waals surface area contributed by atoms with E-state index in [9.17, 15) is 33.0 Å². The quantitative estimate of drug-likeness (QED) is 0.628. The van der Waals surface area contributed by atoms with Crippen LogP contribution in [-0.2, 0) is 0 Å². The van der Waals surface area contributed by atoms with Gasteiger partial charge in [-0.05, 0) is 6.07 Å². The summed E-state index contributed by atoms with van der Waals surface area (Å²) < 4.78 is 42.8. The predicted molar refractivity (Wildman–Crippen MR) is 92.6 cm³/mol. The summed E-state index contributed by atoms with van der Waals surface area (Å²) in [5.74, 6) is -5.89. The van der Waals surface area contributed by atoms with Crippen LogP contribution in [0.4, 0.5) is 18.9 Å². The number of hydrogen-bond donors (Lipinski definition) is 3. The molecule has 3 rings (SSSR count). The number of phenols is 1. The lowest BCUT2D eigenvalue weighted by Gasteiger charge is -2.17. The Hall–Kier alpha value is -3.20. The average molecular weight is 399 g/mol. The van der Waals surface area contributed by atoms with Crippen molar-refractivity contribution in [2.75, 3.05) is 12.4 Å². The van der Waals surface area contributed by atoms with Crippen molar-refractivity contribution in [3.05, 3.63) is 62.7 Å². The molecule has 0 fully saturated rings. The maximum Gasteiger partial charge on any atom is 0.341 e. The Kier molecular flexibility index (Phi) is 4.48. The van der Waals surface area contributed by atoms with Crippen LogP contribution in [0.5, 0.6) is 5.75 Å². The van der Waals surface area contributed by atoms with Crippen LogP contribution in [-0.4, -0.2) is 27.8 Å². The minimum Gasteiger partial charge on any atom is -0.505 e. The van der Waals surface area contributed by atoms with E-state index in [1.165, 1.54) is 7.05 Å². The minimum atomic E-state index is -1.64. The number of carbonyl (C=O) groups is 1. The molecule has 0 amide bonds. The average Bonchev–Trinajstić information content (AvgIpc) is 2.59. The smallest absolute Gasteiger partial charge is 0.341 e. The number of carboxylic acid groups (broad SMARTS) is 1. The molecule has 0 bridgehead atoms. The standard InChI is InChI=1S/C17H10ClF3N2O4/c1-22-14-10(21)2-6-15(13(14)18)23(5-7(16(6)25)17(26)27)11-4-12(24)9(20)3-8(11)19/h2-5,22,24H,1H3,(H,26,27). The number of aromatic carboxylic acids is 1. The lowest BCUT2D eigenvalue weighted by Crippen LogP contribution is -2.19. The summed E-state index contributed by atoms with van der Waals surface area (Å²) >= 11 is 6.16. The van der Waals surface area contributed by atoms with Crippen LogP contribution in [0.25, 0.3) is 16.6 Å². The first-order valence-corrected chi connectivity index (χ1v) is 7.72. The molecule has 1 aromatic heterocycles. The number of pyridine rings is 1. The Morgan fingerprint density at radius 2 is 1.81 bits per heavy atom. The molecule has 2 aromatic carbocycles. The first-order chi connectivity index (χ1) is 12.7. The fourth-order valence-electron chi connectivity index (χ4n) is 2.70. The van der Waals surface area contributed by atoms with Crippen LogP contribution in [0.3, 0.4) is 0 Å². The van der Waals surface area contributed by atoms with Gasteiger partial charge in [-0.15, -0.1) is 0 Å². The molecular weight excluding hydrogens is 389 g/mol. The van der Waals surface area contributed by atoms with E-state index in [1.54, 1.807) is 0 Å². The number of aromatic nitrogens is 1. The number of rotatable bonds is 3. The third-order valence-electron chi connectivity index (χ3n) is 3.94. The highest BCUT2D eigenvalue weighted by atomic mass is 35.5. The molecular formula is C17H10ClF3N2O4. The Morgan fingerprint density at radius 1 is 1.15 bits per heavy atom. The molecule has 27 heavy (non-hydrogen) atoms. The monoisotopic (exact) mass is 398 g/mol. The van der Waals surface area contributed by atoms with Crippen molar-refractivity contribution in [2.45, 2.75) is 0 Å². The maximum atomic E-state index is 14.3. The summed E-state index contributed by atoms with van der Waals surface area (Å²) in [4.78, 5) is 23.8. The van der Waals surface area contributed by atoms with E-state index in [-0.39, 0.29) is 16.2 Å². The number of halogens is 4. The zero-order valence-electron chi connectivity index (χ0n) is 13.5. The summed E-state index contributed by atoms with van der Waals surface area (Å²) in [7, 11) is 1.36. The molecule has 3 aromatic rings. The van der Waals surface area contributed by atoms with Crippen molar-refractivity contribution in [1.29, 1.82) is 0 Å². The van der Waals surface area contributed by atoms with Gasteiger partial charge in [0.2, 0.25) is 5.43 Å². The van der Waals surface area contributed by atoms with Crippen LogP contribution in [0.2, 0.25) is 5.02 Å².